The summed E-state index contributed by atoms with van der Waals surface area (Å²) in [6, 6.07) is 3.17. The zero-order valence-electron chi connectivity index (χ0n) is 6.45. The molecule has 0 saturated carbocycles. The molecule has 1 heterocycles. The molecule has 0 N–H and O–H groups in total. The summed E-state index contributed by atoms with van der Waals surface area (Å²) in [5, 5.41) is 0. The summed E-state index contributed by atoms with van der Waals surface area (Å²) in [6.45, 7) is 3.49. The zero-order valence-corrected chi connectivity index (χ0v) is 6.45. The lowest BCUT2D eigenvalue weighted by molar-refractivity contribution is 0.0513. The van der Waals surface area contributed by atoms with E-state index in [0.29, 0.717) is 0 Å². The van der Waals surface area contributed by atoms with Crippen molar-refractivity contribution in [1.29, 1.82) is 0 Å². The summed E-state index contributed by atoms with van der Waals surface area (Å²) in [6.07, 6.45) is 2.93. The molecule has 3 heteroatoms. The molecule has 0 atom stereocenters. The van der Waals surface area contributed by atoms with E-state index in [0.717, 1.165) is 0 Å². The molecular weight excluding hydrogens is 156 g/mol. The van der Waals surface area contributed by atoms with E-state index in [9.17, 15) is 4.79 Å². The lowest BCUT2D eigenvalue weighted by atomic mass is 10.4. The number of hydrogen-bond donors (Lipinski definition) is 0. The molecule has 1 rings (SSSR count). The summed E-state index contributed by atoms with van der Waals surface area (Å²) in [7, 11) is 0. The first-order valence-electron chi connectivity index (χ1n) is 3.39. The van der Waals surface area contributed by atoms with Crippen molar-refractivity contribution in [2.75, 3.05) is 6.61 Å². The number of furan rings is 1. The summed E-state index contributed by atoms with van der Waals surface area (Å²) in [5.74, 6) is -0.279. The highest BCUT2D eigenvalue weighted by Gasteiger charge is 2.07. The molecular formula is C9H8O3. The molecule has 0 aliphatic rings. The van der Waals surface area contributed by atoms with Gasteiger partial charge in [-0.15, -0.1) is 5.73 Å². The van der Waals surface area contributed by atoms with Crippen molar-refractivity contribution in [3.05, 3.63) is 42.5 Å². The molecule has 0 saturated heterocycles. The van der Waals surface area contributed by atoms with Gasteiger partial charge in [0.2, 0.25) is 5.76 Å². The van der Waals surface area contributed by atoms with Gasteiger partial charge >= 0.3 is 5.97 Å². The van der Waals surface area contributed by atoms with Gasteiger partial charge in [-0.1, -0.05) is 6.58 Å². The lowest BCUT2D eigenvalue weighted by Crippen LogP contribution is -2.03. The predicted molar refractivity (Wildman–Crippen MR) is 42.7 cm³/mol. The maximum Gasteiger partial charge on any atom is 0.374 e. The van der Waals surface area contributed by atoms with Crippen molar-refractivity contribution < 1.29 is 13.9 Å². The average molecular weight is 164 g/mol. The van der Waals surface area contributed by atoms with Gasteiger partial charge in [-0.25, -0.2) is 4.79 Å². The molecule has 0 aliphatic carbocycles. The van der Waals surface area contributed by atoms with Crippen molar-refractivity contribution in [1.82, 2.24) is 0 Å². The molecule has 1 aromatic rings. The molecule has 0 amide bonds. The first-order valence-corrected chi connectivity index (χ1v) is 3.39. The van der Waals surface area contributed by atoms with E-state index in [2.05, 4.69) is 12.3 Å². The van der Waals surface area contributed by atoms with Crippen LogP contribution >= 0.6 is 0 Å². The number of hydrogen-bond acceptors (Lipinski definition) is 3. The minimum atomic E-state index is -0.480. The van der Waals surface area contributed by atoms with Gasteiger partial charge in [-0.3, -0.25) is 0 Å². The molecule has 0 spiro atoms. The second-order valence-corrected chi connectivity index (χ2v) is 1.98. The van der Waals surface area contributed by atoms with Gasteiger partial charge < -0.3 is 9.15 Å². The van der Waals surface area contributed by atoms with Crippen LogP contribution < -0.4 is 0 Å². The Bertz CT molecular complexity index is 292. The molecule has 62 valence electrons. The number of carbonyl (C=O) groups is 1. The highest BCUT2D eigenvalue weighted by Crippen LogP contribution is 2.01. The van der Waals surface area contributed by atoms with E-state index in [1.807, 2.05) is 0 Å². The Labute approximate surface area is 69.9 Å². The fraction of sp³-hybridized carbons (Fsp3) is 0.111. The number of ether oxygens (including phenoxy) is 1. The fourth-order valence-electron chi connectivity index (χ4n) is 0.642. The van der Waals surface area contributed by atoms with Crippen LogP contribution in [0.25, 0.3) is 0 Å². The molecule has 0 aromatic carbocycles. The SMILES string of the molecule is C=C=CCOC(=O)c1ccco1. The molecule has 0 fully saturated rings. The summed E-state index contributed by atoms with van der Waals surface area (Å²) >= 11 is 0. The Morgan fingerprint density at radius 1 is 1.83 bits per heavy atom. The van der Waals surface area contributed by atoms with Crippen molar-refractivity contribution in [3.8, 4) is 0 Å². The van der Waals surface area contributed by atoms with Gasteiger partial charge in [0.1, 0.15) is 6.61 Å². The van der Waals surface area contributed by atoms with Gasteiger partial charge in [-0.2, -0.15) is 0 Å². The van der Waals surface area contributed by atoms with Crippen LogP contribution in [0.15, 0.2) is 41.2 Å². The van der Waals surface area contributed by atoms with Gasteiger partial charge in [0, 0.05) is 0 Å². The smallest absolute Gasteiger partial charge is 0.374 e. The largest absolute Gasteiger partial charge is 0.457 e. The molecule has 12 heavy (non-hydrogen) atoms. The second kappa shape index (κ2) is 4.21. The van der Waals surface area contributed by atoms with Crippen LogP contribution in [-0.2, 0) is 4.74 Å². The number of carbonyl (C=O) groups excluding carboxylic acids is 1. The molecule has 1 aromatic heterocycles. The quantitative estimate of drug-likeness (QED) is 0.505. The highest BCUT2D eigenvalue weighted by molar-refractivity contribution is 5.86. The molecule has 0 aliphatic heterocycles. The zero-order chi connectivity index (χ0) is 8.81. The first-order chi connectivity index (χ1) is 5.84. The molecule has 0 unspecified atom stereocenters. The van der Waals surface area contributed by atoms with Gasteiger partial charge in [-0.05, 0) is 18.2 Å². The van der Waals surface area contributed by atoms with Crippen LogP contribution in [0.2, 0.25) is 0 Å². The van der Waals surface area contributed by atoms with Crippen molar-refractivity contribution in [3.63, 3.8) is 0 Å². The first kappa shape index (κ1) is 8.37. The highest BCUT2D eigenvalue weighted by atomic mass is 16.5. The van der Waals surface area contributed by atoms with Crippen LogP contribution in [0.3, 0.4) is 0 Å². The minimum absolute atomic E-state index is 0.170. The Kier molecular flexibility index (Phi) is 2.94. The molecule has 0 bridgehead atoms. The van der Waals surface area contributed by atoms with Crippen LogP contribution in [0.4, 0.5) is 0 Å². The van der Waals surface area contributed by atoms with Crippen LogP contribution in [0, 0.1) is 0 Å². The second-order valence-electron chi connectivity index (χ2n) is 1.98. The van der Waals surface area contributed by atoms with Gasteiger partial charge in [0.25, 0.3) is 0 Å². The van der Waals surface area contributed by atoms with Crippen LogP contribution in [0.1, 0.15) is 10.6 Å². The monoisotopic (exact) mass is 164 g/mol. The average Bonchev–Trinajstić information content (AvgIpc) is 2.56. The maximum atomic E-state index is 11.0. The third-order valence-corrected chi connectivity index (χ3v) is 1.16. The fourth-order valence-corrected chi connectivity index (χ4v) is 0.642. The van der Waals surface area contributed by atoms with Gasteiger partial charge in [0.05, 0.1) is 6.26 Å². The third kappa shape index (κ3) is 2.15. The van der Waals surface area contributed by atoms with E-state index in [1.54, 1.807) is 12.1 Å². The van der Waals surface area contributed by atoms with E-state index < -0.39 is 5.97 Å². The van der Waals surface area contributed by atoms with E-state index in [-0.39, 0.29) is 12.4 Å². The number of rotatable bonds is 3. The Morgan fingerprint density at radius 3 is 3.25 bits per heavy atom. The lowest BCUT2D eigenvalue weighted by Gasteiger charge is -1.95. The van der Waals surface area contributed by atoms with E-state index in [4.69, 9.17) is 9.15 Å². The molecule has 0 radical (unpaired) electrons. The summed E-state index contributed by atoms with van der Waals surface area (Å²) < 4.78 is 9.54. The van der Waals surface area contributed by atoms with Crippen molar-refractivity contribution in [2.45, 2.75) is 0 Å². The normalized spacial score (nSPS) is 8.67. The van der Waals surface area contributed by atoms with E-state index >= 15 is 0 Å². The van der Waals surface area contributed by atoms with Crippen molar-refractivity contribution >= 4 is 5.97 Å². The maximum absolute atomic E-state index is 11.0. The third-order valence-electron chi connectivity index (χ3n) is 1.16. The van der Waals surface area contributed by atoms with Crippen LogP contribution in [0.5, 0.6) is 0 Å². The Hall–Kier alpha value is -1.73. The number of esters is 1. The Morgan fingerprint density at radius 2 is 2.67 bits per heavy atom. The minimum Gasteiger partial charge on any atom is -0.457 e. The van der Waals surface area contributed by atoms with E-state index in [1.165, 1.54) is 12.3 Å². The van der Waals surface area contributed by atoms with Gasteiger partial charge in [0.15, 0.2) is 0 Å². The van der Waals surface area contributed by atoms with Crippen molar-refractivity contribution in [2.24, 2.45) is 0 Å². The molecule has 3 nitrogen and oxygen atoms in total. The summed E-state index contributed by atoms with van der Waals surface area (Å²) in [4.78, 5) is 11.0. The predicted octanol–water partition coefficient (Wildman–Crippen LogP) is 1.78. The van der Waals surface area contributed by atoms with Crippen LogP contribution in [-0.4, -0.2) is 12.6 Å². The standard InChI is InChI=1S/C9H8O3/c1-2-3-6-12-9(10)8-5-4-7-11-8/h3-5,7H,1,6H2. The topological polar surface area (TPSA) is 39.4 Å². The summed E-state index contributed by atoms with van der Waals surface area (Å²) in [5.41, 5.74) is 2.49. The Balaban J connectivity index is 2.45.